The predicted octanol–water partition coefficient (Wildman–Crippen LogP) is 0.485. The van der Waals surface area contributed by atoms with E-state index < -0.39 is 27.6 Å². The molecule has 2 saturated heterocycles. The van der Waals surface area contributed by atoms with E-state index in [1.54, 1.807) is 0 Å². The maximum atomic E-state index is 13.1. The fourth-order valence-electron chi connectivity index (χ4n) is 7.24. The normalized spacial score (nSPS) is 45.3. The molecular formula is C22H39BN4O6S. The predicted molar refractivity (Wildman–Crippen MR) is 127 cm³/mol. The molecule has 4 aliphatic carbocycles. The van der Waals surface area contributed by atoms with Crippen LogP contribution in [0.25, 0.3) is 0 Å². The van der Waals surface area contributed by atoms with Gasteiger partial charge in [-0.1, -0.05) is 20.3 Å². The molecule has 6 rings (SSSR count). The summed E-state index contributed by atoms with van der Waals surface area (Å²) in [5.41, 5.74) is 10.5. The minimum Gasteiger partial charge on any atom is -0.480 e. The van der Waals surface area contributed by atoms with Crippen LogP contribution < -0.4 is 11.5 Å². The quantitative estimate of drug-likeness (QED) is 0.410. The Labute approximate surface area is 203 Å². The van der Waals surface area contributed by atoms with Gasteiger partial charge in [0.2, 0.25) is 0 Å². The molecule has 10 nitrogen and oxygen atoms in total. The molecule has 0 aromatic heterocycles. The molecule has 6 fully saturated rings. The molecule has 192 valence electrons. The van der Waals surface area contributed by atoms with Gasteiger partial charge in [-0.15, -0.1) is 0 Å². The fourth-order valence-corrected chi connectivity index (χ4v) is 8.93. The number of aliphatic carboxylic acids is 1. The monoisotopic (exact) mass is 498 g/mol. The first kappa shape index (κ1) is 24.9. The number of hydrogen-bond acceptors (Lipinski definition) is 7. The molecule has 0 aromatic carbocycles. The molecule has 5 N–H and O–H groups in total. The Hall–Kier alpha value is -0.755. The Bertz CT molecular complexity index is 967. The lowest BCUT2D eigenvalue weighted by Crippen LogP contribution is -2.65. The zero-order valence-corrected chi connectivity index (χ0v) is 21.5. The van der Waals surface area contributed by atoms with Gasteiger partial charge in [-0.05, 0) is 56.2 Å². The van der Waals surface area contributed by atoms with Crippen molar-refractivity contribution in [3.63, 3.8) is 0 Å². The van der Waals surface area contributed by atoms with Crippen molar-refractivity contribution in [1.82, 2.24) is 8.61 Å². The van der Waals surface area contributed by atoms with Gasteiger partial charge in [0, 0.05) is 38.1 Å². The van der Waals surface area contributed by atoms with Gasteiger partial charge in [-0.25, -0.2) is 0 Å². The average molecular weight is 498 g/mol. The third-order valence-corrected chi connectivity index (χ3v) is 11.9. The number of hydrogen-bond donors (Lipinski definition) is 3. The van der Waals surface area contributed by atoms with Crippen molar-refractivity contribution in [1.29, 1.82) is 0 Å². The molecule has 0 aromatic rings. The molecule has 6 aliphatic rings. The highest BCUT2D eigenvalue weighted by Crippen LogP contribution is 2.65. The second-order valence-electron chi connectivity index (χ2n) is 12.2. The number of likely N-dealkylation sites (N-methyl/N-ethyl adjacent to an activating group) is 1. The summed E-state index contributed by atoms with van der Waals surface area (Å²) < 4.78 is 41.4. The van der Waals surface area contributed by atoms with Crippen LogP contribution in [0.3, 0.4) is 0 Å². The van der Waals surface area contributed by atoms with E-state index in [2.05, 4.69) is 20.8 Å². The van der Waals surface area contributed by atoms with Crippen LogP contribution in [0.15, 0.2) is 0 Å². The Morgan fingerprint density at radius 3 is 2.53 bits per heavy atom. The number of carboxylic acid groups (broad SMARTS) is 1. The molecule has 8 atom stereocenters. The van der Waals surface area contributed by atoms with Crippen LogP contribution >= 0.6 is 0 Å². The number of nitrogens with zero attached hydrogens (tertiary/aromatic N) is 2. The number of carboxylic acids is 1. The largest absolute Gasteiger partial charge is 0.480 e. The maximum absolute atomic E-state index is 13.1. The molecule has 34 heavy (non-hydrogen) atoms. The minimum absolute atomic E-state index is 0.0854. The highest BCUT2D eigenvalue weighted by Gasteiger charge is 2.67. The summed E-state index contributed by atoms with van der Waals surface area (Å²) in [6, 6.07) is -0.410. The average Bonchev–Trinajstić information content (AvgIpc) is 3.21. The Morgan fingerprint density at radius 2 is 1.94 bits per heavy atom. The van der Waals surface area contributed by atoms with E-state index in [1.165, 1.54) is 22.1 Å². The summed E-state index contributed by atoms with van der Waals surface area (Å²) in [4.78, 5) is 12.1. The minimum atomic E-state index is -3.83. The fraction of sp³-hybridized carbons (Fsp3) is 0.955. The molecular weight excluding hydrogens is 459 g/mol. The lowest BCUT2D eigenvalue weighted by Gasteiger charge is -2.64. The standard InChI is InChI=1S/C22H39BN4O6S/c1-20(2)14-8-17(20)21(3)18(9-14)32-23(33-21)7-5-6-13-11-27(12-22(13,25)19(28)29)34(30,31)26(4)16-10-15(16)24/h13-18H,5-12,24-25H2,1-4H3,(H,28,29)/t13-,14+,15?,16?,17+,18-,21+,22-/m0/s1. The van der Waals surface area contributed by atoms with Crippen LogP contribution in [-0.2, 0) is 24.3 Å². The van der Waals surface area contributed by atoms with Gasteiger partial charge in [0.25, 0.3) is 10.2 Å². The topological polar surface area (TPSA) is 148 Å². The van der Waals surface area contributed by atoms with Crippen molar-refractivity contribution in [3.05, 3.63) is 0 Å². The van der Waals surface area contributed by atoms with E-state index in [4.69, 9.17) is 20.8 Å². The molecule has 2 bridgehead atoms. The summed E-state index contributed by atoms with van der Waals surface area (Å²) in [6.07, 6.45) is 4.71. The van der Waals surface area contributed by atoms with Crippen LogP contribution in [0.5, 0.6) is 0 Å². The van der Waals surface area contributed by atoms with E-state index >= 15 is 0 Å². The van der Waals surface area contributed by atoms with Crippen LogP contribution in [0, 0.1) is 23.2 Å². The summed E-state index contributed by atoms with van der Waals surface area (Å²) in [5.74, 6) is -0.495. The zero-order valence-electron chi connectivity index (χ0n) is 20.6. The lowest BCUT2D eigenvalue weighted by atomic mass is 9.43. The summed E-state index contributed by atoms with van der Waals surface area (Å²) in [5, 5.41) is 9.87. The third-order valence-electron chi connectivity index (χ3n) is 9.94. The van der Waals surface area contributed by atoms with E-state index in [9.17, 15) is 18.3 Å². The Morgan fingerprint density at radius 1 is 1.26 bits per heavy atom. The van der Waals surface area contributed by atoms with Gasteiger partial charge in [-0.3, -0.25) is 4.79 Å². The second kappa shape index (κ2) is 7.87. The van der Waals surface area contributed by atoms with Crippen molar-refractivity contribution in [2.45, 2.75) is 88.5 Å². The van der Waals surface area contributed by atoms with E-state index in [1.807, 2.05) is 0 Å². The van der Waals surface area contributed by atoms with Gasteiger partial charge in [0.05, 0.1) is 11.7 Å². The SMILES string of the molecule is CN(C1CC1N)S(=O)(=O)N1C[C@H](CCCB2O[C@H]3C[C@H]4C[C@H](C4(C)C)[C@@]3(C)O2)[C@](N)(C(=O)O)C1. The maximum Gasteiger partial charge on any atom is 0.457 e. The van der Waals surface area contributed by atoms with Crippen LogP contribution in [0.2, 0.25) is 6.32 Å². The lowest BCUT2D eigenvalue weighted by molar-refractivity contribution is -0.199. The number of nitrogens with two attached hydrogens (primary N) is 2. The smallest absolute Gasteiger partial charge is 0.457 e. The Balaban J connectivity index is 1.20. The summed E-state index contributed by atoms with van der Waals surface area (Å²) >= 11 is 0. The number of rotatable bonds is 8. The first-order valence-electron chi connectivity index (χ1n) is 12.6. The van der Waals surface area contributed by atoms with Crippen molar-refractivity contribution in [3.8, 4) is 0 Å². The van der Waals surface area contributed by atoms with Crippen molar-refractivity contribution >= 4 is 23.3 Å². The first-order valence-corrected chi connectivity index (χ1v) is 13.9. The molecule has 4 saturated carbocycles. The molecule has 0 spiro atoms. The molecule has 2 aliphatic heterocycles. The van der Waals surface area contributed by atoms with Gasteiger partial charge in [0.1, 0.15) is 5.54 Å². The van der Waals surface area contributed by atoms with E-state index in [-0.39, 0.29) is 49.4 Å². The van der Waals surface area contributed by atoms with Gasteiger partial charge >= 0.3 is 13.1 Å². The van der Waals surface area contributed by atoms with Gasteiger partial charge in [-0.2, -0.15) is 17.0 Å². The molecule has 2 heterocycles. The molecule has 0 radical (unpaired) electrons. The number of carbonyl (C=O) groups is 1. The highest BCUT2D eigenvalue weighted by atomic mass is 32.2. The van der Waals surface area contributed by atoms with Crippen molar-refractivity contribution in [2.24, 2.45) is 34.6 Å². The third kappa shape index (κ3) is 3.59. The summed E-state index contributed by atoms with van der Waals surface area (Å²) in [7, 11) is -2.64. The van der Waals surface area contributed by atoms with Crippen molar-refractivity contribution in [2.75, 3.05) is 20.1 Å². The molecule has 12 heteroatoms. The molecule has 2 unspecified atom stereocenters. The van der Waals surface area contributed by atoms with Gasteiger partial charge < -0.3 is 25.9 Å². The summed E-state index contributed by atoms with van der Waals surface area (Å²) in [6.45, 7) is 6.67. The zero-order chi connectivity index (χ0) is 24.8. The second-order valence-corrected chi connectivity index (χ2v) is 14.1. The van der Waals surface area contributed by atoms with Crippen LogP contribution in [0.1, 0.15) is 52.9 Å². The van der Waals surface area contributed by atoms with Crippen LogP contribution in [-0.4, -0.2) is 84.7 Å². The van der Waals surface area contributed by atoms with Gasteiger partial charge in [0.15, 0.2) is 0 Å². The molecule has 0 amide bonds. The first-order chi connectivity index (χ1) is 15.7. The van der Waals surface area contributed by atoms with E-state index in [0.717, 1.165) is 6.42 Å². The van der Waals surface area contributed by atoms with E-state index in [0.29, 0.717) is 37.4 Å². The van der Waals surface area contributed by atoms with Crippen molar-refractivity contribution < 1.29 is 27.6 Å². The highest BCUT2D eigenvalue weighted by molar-refractivity contribution is 7.86. The van der Waals surface area contributed by atoms with Crippen LogP contribution in [0.4, 0.5) is 0 Å². The Kier molecular flexibility index (Phi) is 5.77.